The molecule has 8 heteroatoms. The summed E-state index contributed by atoms with van der Waals surface area (Å²) >= 11 is 6.06. The fourth-order valence-electron chi connectivity index (χ4n) is 2.29. The highest BCUT2D eigenvalue weighted by atomic mass is 35.5. The van der Waals surface area contributed by atoms with E-state index in [0.717, 1.165) is 5.56 Å². The molecule has 2 rings (SSSR count). The third kappa shape index (κ3) is 5.79. The third-order valence-corrected chi connectivity index (χ3v) is 3.89. The predicted octanol–water partition coefficient (Wildman–Crippen LogP) is 3.09. The molecule has 0 aliphatic carbocycles. The van der Waals surface area contributed by atoms with Gasteiger partial charge in [0.2, 0.25) is 0 Å². The summed E-state index contributed by atoms with van der Waals surface area (Å²) in [5.41, 5.74) is 1.07. The molecular formula is C19H20ClNO6. The number of benzene rings is 2. The Labute approximate surface area is 162 Å². The Morgan fingerprint density at radius 2 is 1.74 bits per heavy atom. The Morgan fingerprint density at radius 1 is 1.00 bits per heavy atom. The molecule has 2 aromatic carbocycles. The number of halogens is 1. The van der Waals surface area contributed by atoms with Crippen molar-refractivity contribution in [2.45, 2.75) is 6.42 Å². The molecule has 0 saturated carbocycles. The second-order valence-corrected chi connectivity index (χ2v) is 5.83. The first-order valence-electron chi connectivity index (χ1n) is 7.96. The van der Waals surface area contributed by atoms with E-state index < -0.39 is 18.5 Å². The average molecular weight is 394 g/mol. The Morgan fingerprint density at radius 3 is 2.41 bits per heavy atom. The van der Waals surface area contributed by atoms with Crippen molar-refractivity contribution in [2.24, 2.45) is 0 Å². The third-order valence-electron chi connectivity index (χ3n) is 3.59. The maximum atomic E-state index is 12.1. The number of rotatable bonds is 8. The van der Waals surface area contributed by atoms with Gasteiger partial charge in [0.1, 0.15) is 17.2 Å². The lowest BCUT2D eigenvalue weighted by Crippen LogP contribution is -2.22. The Hall–Kier alpha value is -2.93. The quantitative estimate of drug-likeness (QED) is 0.694. The second-order valence-electron chi connectivity index (χ2n) is 5.42. The largest absolute Gasteiger partial charge is 0.497 e. The normalized spacial score (nSPS) is 10.1. The Kier molecular flexibility index (Phi) is 7.31. The average Bonchev–Trinajstić information content (AvgIpc) is 2.66. The van der Waals surface area contributed by atoms with E-state index in [1.807, 2.05) is 0 Å². The molecule has 1 amide bonds. The van der Waals surface area contributed by atoms with E-state index >= 15 is 0 Å². The molecule has 0 aliphatic heterocycles. The van der Waals surface area contributed by atoms with Crippen molar-refractivity contribution in [1.82, 2.24) is 0 Å². The number of hydrogen-bond donors (Lipinski definition) is 1. The van der Waals surface area contributed by atoms with E-state index in [0.29, 0.717) is 28.0 Å². The van der Waals surface area contributed by atoms with Crippen LogP contribution in [0.2, 0.25) is 5.02 Å². The minimum atomic E-state index is -0.530. The van der Waals surface area contributed by atoms with Gasteiger partial charge in [-0.25, -0.2) is 0 Å². The van der Waals surface area contributed by atoms with Gasteiger partial charge in [-0.3, -0.25) is 9.59 Å². The summed E-state index contributed by atoms with van der Waals surface area (Å²) in [6, 6.07) is 10.1. The number of hydrogen-bond acceptors (Lipinski definition) is 6. The molecule has 0 radical (unpaired) electrons. The van der Waals surface area contributed by atoms with Crippen molar-refractivity contribution >= 4 is 29.2 Å². The zero-order valence-corrected chi connectivity index (χ0v) is 16.0. The highest BCUT2D eigenvalue weighted by Gasteiger charge is 2.14. The molecule has 1 N–H and O–H groups in total. The summed E-state index contributed by atoms with van der Waals surface area (Å²) in [6.45, 7) is -0.435. The summed E-state index contributed by atoms with van der Waals surface area (Å²) in [4.78, 5) is 24.0. The number of carbonyl (C=O) groups is 2. The van der Waals surface area contributed by atoms with Gasteiger partial charge in [-0.1, -0.05) is 23.7 Å². The van der Waals surface area contributed by atoms with Gasteiger partial charge < -0.3 is 24.3 Å². The van der Waals surface area contributed by atoms with Crippen molar-refractivity contribution < 1.29 is 28.5 Å². The van der Waals surface area contributed by atoms with Crippen molar-refractivity contribution in [3.63, 3.8) is 0 Å². The van der Waals surface area contributed by atoms with E-state index in [-0.39, 0.29) is 6.42 Å². The molecule has 0 unspecified atom stereocenters. The standard InChI is InChI=1S/C19H20ClNO6/c1-24-13-6-4-5-12(7-13)8-19(23)27-11-18(22)21-15-9-14(20)16(25-2)10-17(15)26-3/h4-7,9-10H,8,11H2,1-3H3,(H,21,22). The second kappa shape index (κ2) is 9.68. The van der Waals surface area contributed by atoms with Crippen molar-refractivity contribution in [2.75, 3.05) is 33.3 Å². The molecule has 2 aromatic rings. The maximum absolute atomic E-state index is 12.1. The molecule has 7 nitrogen and oxygen atoms in total. The summed E-state index contributed by atoms with van der Waals surface area (Å²) in [6.07, 6.45) is 0.0299. The van der Waals surface area contributed by atoms with Crippen LogP contribution in [0.4, 0.5) is 5.69 Å². The zero-order chi connectivity index (χ0) is 19.8. The summed E-state index contributed by atoms with van der Waals surface area (Å²) in [5.74, 6) is 0.372. The topological polar surface area (TPSA) is 83.1 Å². The minimum Gasteiger partial charge on any atom is -0.497 e. The van der Waals surface area contributed by atoms with Gasteiger partial charge in [0, 0.05) is 6.07 Å². The number of anilines is 1. The molecular weight excluding hydrogens is 374 g/mol. The summed E-state index contributed by atoms with van der Waals surface area (Å²) in [7, 11) is 4.47. The maximum Gasteiger partial charge on any atom is 0.310 e. The van der Waals surface area contributed by atoms with Crippen LogP contribution in [0.1, 0.15) is 5.56 Å². The van der Waals surface area contributed by atoms with Gasteiger partial charge in [0.05, 0.1) is 38.5 Å². The molecule has 0 heterocycles. The molecule has 0 fully saturated rings. The SMILES string of the molecule is COc1cccc(CC(=O)OCC(=O)Nc2cc(Cl)c(OC)cc2OC)c1. The van der Waals surface area contributed by atoms with Gasteiger partial charge in [0.15, 0.2) is 6.61 Å². The van der Waals surface area contributed by atoms with E-state index in [1.165, 1.54) is 20.3 Å². The van der Waals surface area contributed by atoms with Crippen molar-refractivity contribution in [3.05, 3.63) is 47.0 Å². The number of carbonyl (C=O) groups excluding carboxylic acids is 2. The van der Waals surface area contributed by atoms with Crippen LogP contribution in [-0.2, 0) is 20.7 Å². The Balaban J connectivity index is 1.92. The minimum absolute atomic E-state index is 0.0299. The monoisotopic (exact) mass is 393 g/mol. The van der Waals surface area contributed by atoms with Gasteiger partial charge >= 0.3 is 5.97 Å². The van der Waals surface area contributed by atoms with Gasteiger partial charge in [-0.15, -0.1) is 0 Å². The van der Waals surface area contributed by atoms with E-state index in [4.69, 9.17) is 30.5 Å². The lowest BCUT2D eigenvalue weighted by Gasteiger charge is -2.13. The van der Waals surface area contributed by atoms with Crippen LogP contribution < -0.4 is 19.5 Å². The van der Waals surface area contributed by atoms with Gasteiger partial charge in [0.25, 0.3) is 5.91 Å². The number of ether oxygens (including phenoxy) is 4. The van der Waals surface area contributed by atoms with Crippen LogP contribution in [0.5, 0.6) is 17.2 Å². The molecule has 0 spiro atoms. The highest BCUT2D eigenvalue weighted by Crippen LogP contribution is 2.35. The summed E-state index contributed by atoms with van der Waals surface area (Å²) in [5, 5.41) is 2.90. The zero-order valence-electron chi connectivity index (χ0n) is 15.2. The number of esters is 1. The van der Waals surface area contributed by atoms with Crippen LogP contribution in [0, 0.1) is 0 Å². The molecule has 0 saturated heterocycles. The first-order valence-corrected chi connectivity index (χ1v) is 8.34. The Bertz CT molecular complexity index is 824. The van der Waals surface area contributed by atoms with Crippen LogP contribution in [-0.4, -0.2) is 39.8 Å². The van der Waals surface area contributed by atoms with Crippen LogP contribution >= 0.6 is 11.6 Å². The first-order chi connectivity index (χ1) is 13.0. The molecule has 0 aliphatic rings. The predicted molar refractivity (Wildman–Crippen MR) is 101 cm³/mol. The fraction of sp³-hybridized carbons (Fsp3) is 0.263. The van der Waals surface area contributed by atoms with Gasteiger partial charge in [-0.05, 0) is 23.8 Å². The van der Waals surface area contributed by atoms with Crippen molar-refractivity contribution in [1.29, 1.82) is 0 Å². The van der Waals surface area contributed by atoms with Crippen LogP contribution in [0.15, 0.2) is 36.4 Å². The number of nitrogens with one attached hydrogen (secondary N) is 1. The molecule has 0 aromatic heterocycles. The smallest absolute Gasteiger partial charge is 0.310 e. The van der Waals surface area contributed by atoms with E-state index in [2.05, 4.69) is 5.32 Å². The lowest BCUT2D eigenvalue weighted by molar-refractivity contribution is -0.146. The highest BCUT2D eigenvalue weighted by molar-refractivity contribution is 6.32. The molecule has 144 valence electrons. The molecule has 0 bridgehead atoms. The molecule has 0 atom stereocenters. The van der Waals surface area contributed by atoms with E-state index in [1.54, 1.807) is 37.4 Å². The first kappa shape index (κ1) is 20.4. The van der Waals surface area contributed by atoms with Crippen molar-refractivity contribution in [3.8, 4) is 17.2 Å². The van der Waals surface area contributed by atoms with Crippen LogP contribution in [0.25, 0.3) is 0 Å². The molecule has 27 heavy (non-hydrogen) atoms. The van der Waals surface area contributed by atoms with E-state index in [9.17, 15) is 9.59 Å². The van der Waals surface area contributed by atoms with Crippen LogP contribution in [0.3, 0.4) is 0 Å². The number of amides is 1. The van der Waals surface area contributed by atoms with Gasteiger partial charge in [-0.2, -0.15) is 0 Å². The fourth-order valence-corrected chi connectivity index (χ4v) is 2.53. The summed E-state index contributed by atoms with van der Waals surface area (Å²) < 4.78 is 20.4. The lowest BCUT2D eigenvalue weighted by atomic mass is 10.1. The number of methoxy groups -OCH3 is 3.